The highest BCUT2D eigenvalue weighted by molar-refractivity contribution is 5.95. The maximum atomic E-state index is 13.2. The lowest BCUT2D eigenvalue weighted by Gasteiger charge is -2.30. The van der Waals surface area contributed by atoms with Crippen LogP contribution in [0.5, 0.6) is 5.75 Å². The molecule has 0 aliphatic carbocycles. The quantitative estimate of drug-likeness (QED) is 0.683. The first-order chi connectivity index (χ1) is 13.7. The molecule has 0 bridgehead atoms. The van der Waals surface area contributed by atoms with Crippen molar-refractivity contribution in [2.75, 3.05) is 11.9 Å². The Morgan fingerprint density at radius 2 is 1.68 bits per heavy atom. The van der Waals surface area contributed by atoms with Crippen LogP contribution in [0.1, 0.15) is 29.6 Å². The molecular formula is C23H21FN2O2. The van der Waals surface area contributed by atoms with Gasteiger partial charge in [-0.05, 0) is 35.9 Å². The van der Waals surface area contributed by atoms with Crippen molar-refractivity contribution in [2.24, 2.45) is 0 Å². The van der Waals surface area contributed by atoms with E-state index in [-0.39, 0.29) is 17.8 Å². The lowest BCUT2D eigenvalue weighted by molar-refractivity contribution is -0.118. The van der Waals surface area contributed by atoms with E-state index in [0.29, 0.717) is 12.3 Å². The Balaban J connectivity index is 1.60. The summed E-state index contributed by atoms with van der Waals surface area (Å²) in [5.74, 6) is 0.313. The molecule has 0 unspecified atom stereocenters. The number of ether oxygens (including phenoxy) is 1. The normalized spacial score (nSPS) is 16.5. The predicted molar refractivity (Wildman–Crippen MR) is 107 cm³/mol. The van der Waals surface area contributed by atoms with Crippen molar-refractivity contribution in [2.45, 2.75) is 18.5 Å². The Morgan fingerprint density at radius 3 is 2.46 bits per heavy atom. The smallest absolute Gasteiger partial charge is 0.246 e. The Bertz CT molecular complexity index is 944. The highest BCUT2D eigenvalue weighted by Gasteiger charge is 2.28. The highest BCUT2D eigenvalue weighted by Crippen LogP contribution is 2.33. The van der Waals surface area contributed by atoms with Gasteiger partial charge in [-0.15, -0.1) is 0 Å². The second-order valence-electron chi connectivity index (χ2n) is 6.73. The first-order valence-corrected chi connectivity index (χ1v) is 9.30. The van der Waals surface area contributed by atoms with Gasteiger partial charge in [0.1, 0.15) is 17.6 Å². The molecule has 0 radical (unpaired) electrons. The zero-order valence-corrected chi connectivity index (χ0v) is 15.3. The first kappa shape index (κ1) is 18.2. The van der Waals surface area contributed by atoms with E-state index in [1.165, 1.54) is 12.1 Å². The molecule has 0 spiro atoms. The molecule has 5 heteroatoms. The Morgan fingerprint density at radius 1 is 0.964 bits per heavy atom. The molecule has 3 aromatic carbocycles. The Labute approximate surface area is 163 Å². The van der Waals surface area contributed by atoms with E-state index >= 15 is 0 Å². The summed E-state index contributed by atoms with van der Waals surface area (Å²) in [5.41, 5.74) is 2.47. The predicted octanol–water partition coefficient (Wildman–Crippen LogP) is 4.62. The van der Waals surface area contributed by atoms with Crippen LogP contribution in [-0.2, 0) is 4.79 Å². The zero-order chi connectivity index (χ0) is 19.3. The third-order valence-corrected chi connectivity index (χ3v) is 4.83. The number of halogens is 1. The number of hydrogen-bond donors (Lipinski definition) is 2. The first-order valence-electron chi connectivity index (χ1n) is 9.30. The van der Waals surface area contributed by atoms with Gasteiger partial charge in [-0.3, -0.25) is 10.1 Å². The Kier molecular flexibility index (Phi) is 5.35. The molecular weight excluding hydrogens is 355 g/mol. The van der Waals surface area contributed by atoms with Crippen LogP contribution in [0.2, 0.25) is 0 Å². The molecule has 1 heterocycles. The van der Waals surface area contributed by atoms with Gasteiger partial charge in [-0.25, -0.2) is 4.39 Å². The number of carbonyl (C=O) groups is 1. The number of nitrogens with one attached hydrogen (secondary N) is 2. The summed E-state index contributed by atoms with van der Waals surface area (Å²) in [4.78, 5) is 13.1. The van der Waals surface area contributed by atoms with Crippen LogP contribution in [0.4, 0.5) is 10.1 Å². The van der Waals surface area contributed by atoms with E-state index in [0.717, 1.165) is 23.3 Å². The number of amides is 1. The molecule has 3 aromatic rings. The summed E-state index contributed by atoms with van der Waals surface area (Å²) in [6.07, 6.45) is 0.768. The molecule has 142 valence electrons. The van der Waals surface area contributed by atoms with Gasteiger partial charge >= 0.3 is 0 Å². The third-order valence-electron chi connectivity index (χ3n) is 4.83. The minimum atomic E-state index is -0.553. The van der Waals surface area contributed by atoms with Gasteiger partial charge in [0, 0.05) is 23.7 Å². The summed E-state index contributed by atoms with van der Waals surface area (Å²) in [7, 11) is 0. The highest BCUT2D eigenvalue weighted by atomic mass is 19.1. The maximum Gasteiger partial charge on any atom is 0.246 e. The van der Waals surface area contributed by atoms with Gasteiger partial charge < -0.3 is 10.1 Å². The molecule has 0 fully saturated rings. The molecule has 1 aliphatic rings. The van der Waals surface area contributed by atoms with Crippen molar-refractivity contribution in [1.82, 2.24) is 5.32 Å². The number of benzene rings is 3. The monoisotopic (exact) mass is 376 g/mol. The van der Waals surface area contributed by atoms with Gasteiger partial charge in [0.2, 0.25) is 5.91 Å². The fourth-order valence-electron chi connectivity index (χ4n) is 3.43. The number of carbonyl (C=O) groups excluding carboxylic acids is 1. The molecule has 1 amide bonds. The standard InChI is InChI=1S/C23H21FN2O2/c24-17-10-12-18(13-11-17)25-23(27)22(16-6-2-1-3-7-16)26-20-14-15-28-21-9-5-4-8-19(20)21/h1-13,20,22,26H,14-15H2,(H,25,27)/t20-,22+/m1/s1. The van der Waals surface area contributed by atoms with E-state index in [9.17, 15) is 9.18 Å². The van der Waals surface area contributed by atoms with Crippen molar-refractivity contribution >= 4 is 11.6 Å². The minimum absolute atomic E-state index is 0.00544. The van der Waals surface area contributed by atoms with E-state index in [1.54, 1.807) is 12.1 Å². The van der Waals surface area contributed by atoms with Gasteiger partial charge in [0.25, 0.3) is 0 Å². The van der Waals surface area contributed by atoms with Crippen LogP contribution in [0.3, 0.4) is 0 Å². The second kappa shape index (κ2) is 8.23. The van der Waals surface area contributed by atoms with Gasteiger partial charge in [0.15, 0.2) is 0 Å². The second-order valence-corrected chi connectivity index (χ2v) is 6.73. The fourth-order valence-corrected chi connectivity index (χ4v) is 3.43. The van der Waals surface area contributed by atoms with E-state index in [4.69, 9.17) is 4.74 Å². The van der Waals surface area contributed by atoms with Crippen LogP contribution in [-0.4, -0.2) is 12.5 Å². The summed E-state index contributed by atoms with van der Waals surface area (Å²) in [5, 5.41) is 6.38. The van der Waals surface area contributed by atoms with Crippen molar-refractivity contribution in [3.8, 4) is 5.75 Å². The number of para-hydroxylation sites is 1. The molecule has 0 aromatic heterocycles. The van der Waals surface area contributed by atoms with Crippen molar-refractivity contribution in [1.29, 1.82) is 0 Å². The fraction of sp³-hybridized carbons (Fsp3) is 0.174. The van der Waals surface area contributed by atoms with E-state index in [2.05, 4.69) is 10.6 Å². The summed E-state index contributed by atoms with van der Waals surface area (Å²) in [6, 6.07) is 22.7. The number of anilines is 1. The van der Waals surface area contributed by atoms with Crippen LogP contribution in [0.15, 0.2) is 78.9 Å². The van der Waals surface area contributed by atoms with Crippen molar-refractivity contribution < 1.29 is 13.9 Å². The summed E-state index contributed by atoms with van der Waals surface area (Å²) < 4.78 is 18.9. The number of fused-ring (bicyclic) bond motifs is 1. The summed E-state index contributed by atoms with van der Waals surface area (Å²) in [6.45, 7) is 0.593. The SMILES string of the molecule is O=C(Nc1ccc(F)cc1)[C@@H](N[C@@H]1CCOc2ccccc21)c1ccccc1. The third kappa shape index (κ3) is 4.05. The minimum Gasteiger partial charge on any atom is -0.493 e. The molecule has 4 nitrogen and oxygen atoms in total. The average Bonchev–Trinajstić information content (AvgIpc) is 2.74. The molecule has 28 heavy (non-hydrogen) atoms. The molecule has 4 rings (SSSR count). The molecule has 2 atom stereocenters. The van der Waals surface area contributed by atoms with Gasteiger partial charge in [0.05, 0.1) is 6.61 Å². The van der Waals surface area contributed by atoms with E-state index < -0.39 is 6.04 Å². The lowest BCUT2D eigenvalue weighted by Crippen LogP contribution is -2.37. The van der Waals surface area contributed by atoms with Crippen LogP contribution >= 0.6 is 0 Å². The molecule has 1 aliphatic heterocycles. The number of rotatable bonds is 5. The lowest BCUT2D eigenvalue weighted by atomic mass is 9.97. The van der Waals surface area contributed by atoms with Crippen molar-refractivity contribution in [3.63, 3.8) is 0 Å². The van der Waals surface area contributed by atoms with Crippen LogP contribution < -0.4 is 15.4 Å². The maximum absolute atomic E-state index is 13.2. The van der Waals surface area contributed by atoms with Crippen molar-refractivity contribution in [3.05, 3.63) is 95.8 Å². The van der Waals surface area contributed by atoms with E-state index in [1.807, 2.05) is 54.6 Å². The van der Waals surface area contributed by atoms with Crippen LogP contribution in [0.25, 0.3) is 0 Å². The largest absolute Gasteiger partial charge is 0.493 e. The summed E-state index contributed by atoms with van der Waals surface area (Å²) >= 11 is 0. The zero-order valence-electron chi connectivity index (χ0n) is 15.3. The molecule has 2 N–H and O–H groups in total. The average molecular weight is 376 g/mol. The van der Waals surface area contributed by atoms with Gasteiger partial charge in [-0.2, -0.15) is 0 Å². The topological polar surface area (TPSA) is 50.4 Å². The van der Waals surface area contributed by atoms with Gasteiger partial charge in [-0.1, -0.05) is 48.5 Å². The number of hydrogen-bond acceptors (Lipinski definition) is 3. The molecule has 0 saturated carbocycles. The Hall–Kier alpha value is -3.18. The van der Waals surface area contributed by atoms with Crippen LogP contribution in [0, 0.1) is 5.82 Å². The molecule has 0 saturated heterocycles.